The van der Waals surface area contributed by atoms with Crippen LogP contribution >= 0.6 is 0 Å². The van der Waals surface area contributed by atoms with Crippen LogP contribution in [0.1, 0.15) is 40.0 Å². The molecule has 1 heterocycles. The minimum absolute atomic E-state index is 0.136. The third-order valence-electron chi connectivity index (χ3n) is 3.18. The zero-order valence-electron chi connectivity index (χ0n) is 10.6. The van der Waals surface area contributed by atoms with Gasteiger partial charge in [0, 0.05) is 25.0 Å². The average molecular weight is 228 g/mol. The van der Waals surface area contributed by atoms with E-state index in [1.807, 2.05) is 25.7 Å². The second-order valence-corrected chi connectivity index (χ2v) is 5.62. The fourth-order valence-electron chi connectivity index (χ4n) is 2.13. The first-order chi connectivity index (χ1) is 7.29. The Kier molecular flexibility index (Phi) is 4.33. The Hall–Kier alpha value is -0.610. The fourth-order valence-corrected chi connectivity index (χ4v) is 2.13. The van der Waals surface area contributed by atoms with E-state index in [0.29, 0.717) is 12.3 Å². The third kappa shape index (κ3) is 4.10. The van der Waals surface area contributed by atoms with E-state index < -0.39 is 5.54 Å². The number of aliphatic hydroxyl groups excluding tert-OH is 1. The van der Waals surface area contributed by atoms with Crippen LogP contribution in [0.2, 0.25) is 0 Å². The number of rotatable bonds is 3. The molecule has 0 aliphatic carbocycles. The van der Waals surface area contributed by atoms with Gasteiger partial charge in [0.05, 0.1) is 6.10 Å². The molecule has 4 heteroatoms. The van der Waals surface area contributed by atoms with Crippen LogP contribution in [0.4, 0.5) is 0 Å². The van der Waals surface area contributed by atoms with Crippen LogP contribution in [0.15, 0.2) is 0 Å². The van der Waals surface area contributed by atoms with Crippen molar-refractivity contribution in [3.63, 3.8) is 0 Å². The monoisotopic (exact) mass is 228 g/mol. The van der Waals surface area contributed by atoms with E-state index >= 15 is 0 Å². The summed E-state index contributed by atoms with van der Waals surface area (Å²) in [5.74, 6) is 0.478. The molecular formula is C12H24N2O2. The topological polar surface area (TPSA) is 66.6 Å². The number of aliphatic hydroxyl groups is 1. The van der Waals surface area contributed by atoms with Gasteiger partial charge in [-0.1, -0.05) is 0 Å². The normalized spacial score (nSPS) is 20.9. The van der Waals surface area contributed by atoms with Crippen LogP contribution in [0.5, 0.6) is 0 Å². The molecule has 0 bridgehead atoms. The second-order valence-electron chi connectivity index (χ2n) is 5.62. The highest BCUT2D eigenvalue weighted by molar-refractivity contribution is 5.77. The van der Waals surface area contributed by atoms with Crippen molar-refractivity contribution in [1.29, 1.82) is 0 Å². The molecule has 1 unspecified atom stereocenters. The van der Waals surface area contributed by atoms with Crippen molar-refractivity contribution in [2.75, 3.05) is 13.1 Å². The van der Waals surface area contributed by atoms with Gasteiger partial charge in [0.25, 0.3) is 0 Å². The predicted molar refractivity (Wildman–Crippen MR) is 63.9 cm³/mol. The lowest BCUT2D eigenvalue weighted by atomic mass is 9.91. The van der Waals surface area contributed by atoms with Gasteiger partial charge >= 0.3 is 0 Å². The summed E-state index contributed by atoms with van der Waals surface area (Å²) in [6, 6.07) is 0. The Morgan fingerprint density at radius 1 is 1.50 bits per heavy atom. The van der Waals surface area contributed by atoms with E-state index in [1.165, 1.54) is 0 Å². The molecule has 1 saturated heterocycles. The van der Waals surface area contributed by atoms with Gasteiger partial charge in [0.1, 0.15) is 0 Å². The van der Waals surface area contributed by atoms with Gasteiger partial charge in [-0.2, -0.15) is 0 Å². The number of hydrogen-bond acceptors (Lipinski definition) is 3. The number of piperidine rings is 1. The molecule has 16 heavy (non-hydrogen) atoms. The molecular weight excluding hydrogens is 204 g/mol. The smallest absolute Gasteiger partial charge is 0.224 e. The Morgan fingerprint density at radius 3 is 2.38 bits per heavy atom. The number of carbonyl (C=O) groups excluding carboxylic acids is 1. The first-order valence-electron chi connectivity index (χ1n) is 6.04. The Balaban J connectivity index is 2.39. The van der Waals surface area contributed by atoms with Gasteiger partial charge in [-0.3, -0.25) is 4.79 Å². The zero-order chi connectivity index (χ0) is 12.3. The molecule has 0 aromatic heterocycles. The van der Waals surface area contributed by atoms with Crippen molar-refractivity contribution in [2.24, 2.45) is 11.7 Å². The first-order valence-corrected chi connectivity index (χ1v) is 6.04. The summed E-state index contributed by atoms with van der Waals surface area (Å²) in [7, 11) is 0. The summed E-state index contributed by atoms with van der Waals surface area (Å²) in [6.45, 7) is 7.07. The maximum atomic E-state index is 11.9. The van der Waals surface area contributed by atoms with Crippen molar-refractivity contribution >= 4 is 5.91 Å². The number of amides is 1. The molecule has 0 saturated carbocycles. The third-order valence-corrected chi connectivity index (χ3v) is 3.18. The summed E-state index contributed by atoms with van der Waals surface area (Å²) < 4.78 is 0. The van der Waals surface area contributed by atoms with Gasteiger partial charge < -0.3 is 15.7 Å². The summed E-state index contributed by atoms with van der Waals surface area (Å²) in [5.41, 5.74) is 5.40. The molecule has 0 aromatic carbocycles. The number of likely N-dealkylation sites (tertiary alicyclic amines) is 1. The SMILES string of the molecule is CC(O)C1CCN(C(=O)CC(C)(C)N)CC1. The second kappa shape index (κ2) is 5.15. The van der Waals surface area contributed by atoms with Crippen LogP contribution in [0.3, 0.4) is 0 Å². The fraction of sp³-hybridized carbons (Fsp3) is 0.917. The van der Waals surface area contributed by atoms with Crippen molar-refractivity contribution in [3.8, 4) is 0 Å². The zero-order valence-corrected chi connectivity index (χ0v) is 10.6. The van der Waals surface area contributed by atoms with Crippen molar-refractivity contribution in [2.45, 2.75) is 51.7 Å². The van der Waals surface area contributed by atoms with Gasteiger partial charge in [-0.15, -0.1) is 0 Å². The van der Waals surface area contributed by atoms with Crippen molar-refractivity contribution < 1.29 is 9.90 Å². The highest BCUT2D eigenvalue weighted by Crippen LogP contribution is 2.21. The summed E-state index contributed by atoms with van der Waals surface area (Å²) in [4.78, 5) is 13.7. The average Bonchev–Trinajstić information content (AvgIpc) is 2.15. The molecule has 1 rings (SSSR count). The van der Waals surface area contributed by atoms with E-state index in [-0.39, 0.29) is 12.0 Å². The maximum Gasteiger partial charge on any atom is 0.224 e. The lowest BCUT2D eigenvalue weighted by molar-refractivity contribution is -0.134. The number of nitrogens with zero attached hydrogens (tertiary/aromatic N) is 1. The Morgan fingerprint density at radius 2 is 2.00 bits per heavy atom. The van der Waals surface area contributed by atoms with Crippen LogP contribution in [0.25, 0.3) is 0 Å². The molecule has 94 valence electrons. The van der Waals surface area contributed by atoms with Gasteiger partial charge in [0.2, 0.25) is 5.91 Å². The standard InChI is InChI=1S/C12H24N2O2/c1-9(15)10-4-6-14(7-5-10)11(16)8-12(2,3)13/h9-10,15H,4-8,13H2,1-3H3. The molecule has 1 atom stereocenters. The van der Waals surface area contributed by atoms with Crippen LogP contribution in [0, 0.1) is 5.92 Å². The van der Waals surface area contributed by atoms with Crippen LogP contribution < -0.4 is 5.73 Å². The molecule has 0 spiro atoms. The quantitative estimate of drug-likeness (QED) is 0.748. The first kappa shape index (κ1) is 13.5. The van der Waals surface area contributed by atoms with E-state index in [0.717, 1.165) is 25.9 Å². The van der Waals surface area contributed by atoms with Gasteiger partial charge in [-0.25, -0.2) is 0 Å². The lowest BCUT2D eigenvalue weighted by Crippen LogP contribution is -2.45. The lowest BCUT2D eigenvalue weighted by Gasteiger charge is -2.34. The van der Waals surface area contributed by atoms with E-state index in [2.05, 4.69) is 0 Å². The molecule has 1 aliphatic heterocycles. The summed E-state index contributed by atoms with van der Waals surface area (Å²) >= 11 is 0. The Bertz CT molecular complexity index is 238. The minimum Gasteiger partial charge on any atom is -0.393 e. The molecule has 3 N–H and O–H groups in total. The van der Waals surface area contributed by atoms with Gasteiger partial charge in [0.15, 0.2) is 0 Å². The number of nitrogens with two attached hydrogens (primary N) is 1. The maximum absolute atomic E-state index is 11.9. The molecule has 4 nitrogen and oxygen atoms in total. The Labute approximate surface area is 97.8 Å². The van der Waals surface area contributed by atoms with E-state index in [1.54, 1.807) is 0 Å². The van der Waals surface area contributed by atoms with Crippen LogP contribution in [-0.2, 0) is 4.79 Å². The highest BCUT2D eigenvalue weighted by Gasteiger charge is 2.27. The largest absolute Gasteiger partial charge is 0.393 e. The molecule has 1 fully saturated rings. The summed E-state index contributed by atoms with van der Waals surface area (Å²) in [5, 5.41) is 9.47. The minimum atomic E-state index is -0.432. The molecule has 1 amide bonds. The molecule has 0 radical (unpaired) electrons. The molecule has 0 aromatic rings. The van der Waals surface area contributed by atoms with Gasteiger partial charge in [-0.05, 0) is 39.5 Å². The van der Waals surface area contributed by atoms with E-state index in [9.17, 15) is 9.90 Å². The van der Waals surface area contributed by atoms with Crippen LogP contribution in [-0.4, -0.2) is 40.6 Å². The highest BCUT2D eigenvalue weighted by atomic mass is 16.3. The van der Waals surface area contributed by atoms with Crippen molar-refractivity contribution in [3.05, 3.63) is 0 Å². The number of hydrogen-bond donors (Lipinski definition) is 2. The van der Waals surface area contributed by atoms with Crippen molar-refractivity contribution in [1.82, 2.24) is 4.90 Å². The predicted octanol–water partition coefficient (Wildman–Crippen LogP) is 0.733. The number of carbonyl (C=O) groups is 1. The van der Waals surface area contributed by atoms with E-state index in [4.69, 9.17) is 5.73 Å². The molecule has 1 aliphatic rings. The summed E-state index contributed by atoms with van der Waals surface area (Å²) in [6.07, 6.45) is 1.93.